The van der Waals surface area contributed by atoms with Crippen molar-refractivity contribution >= 4 is 50.0 Å². The fraction of sp³-hybridized carbons (Fsp3) is 0.333. The Balaban J connectivity index is 1.41. The molecule has 0 atom stereocenters. The molecule has 0 unspecified atom stereocenters. The number of urea groups is 1. The van der Waals surface area contributed by atoms with Gasteiger partial charge in [-0.2, -0.15) is 0 Å². The fourth-order valence-electron chi connectivity index (χ4n) is 3.41. The molecule has 158 valence electrons. The van der Waals surface area contributed by atoms with Crippen LogP contribution in [0.4, 0.5) is 15.6 Å². The zero-order valence-electron chi connectivity index (χ0n) is 17.1. The average Bonchev–Trinajstić information content (AvgIpc) is 3.21. The fourth-order valence-corrected chi connectivity index (χ4v) is 4.64. The Labute approximate surface area is 184 Å². The Morgan fingerprint density at radius 1 is 1.10 bits per heavy atom. The highest BCUT2D eigenvalue weighted by atomic mass is 35.5. The Kier molecular flexibility index (Phi) is 5.87. The smallest absolute Gasteiger partial charge is 0.321 e. The van der Waals surface area contributed by atoms with Gasteiger partial charge in [0.05, 0.1) is 24.4 Å². The standard InChI is InChI=1S/C21H23ClN4O3S/c1-13-17(22)4-5-18-19(13)24-21(30-18)26-8-6-25(7-9-26)20(27)23-14-10-15(28-2)12-16(11-14)29-3/h4-5,10-12H,6-9H2,1-3H3,(H,23,27). The normalized spacial score (nSPS) is 14.1. The molecule has 0 radical (unpaired) electrons. The van der Waals surface area contributed by atoms with Gasteiger partial charge in [-0.05, 0) is 24.6 Å². The number of piperazine rings is 1. The van der Waals surface area contributed by atoms with Crippen LogP contribution in [0.3, 0.4) is 0 Å². The summed E-state index contributed by atoms with van der Waals surface area (Å²) < 4.78 is 11.6. The molecule has 1 fully saturated rings. The second-order valence-electron chi connectivity index (χ2n) is 7.02. The molecular weight excluding hydrogens is 424 g/mol. The van der Waals surface area contributed by atoms with E-state index in [1.807, 2.05) is 19.1 Å². The lowest BCUT2D eigenvalue weighted by atomic mass is 10.2. The summed E-state index contributed by atoms with van der Waals surface area (Å²) in [5, 5.41) is 4.63. The minimum absolute atomic E-state index is 0.142. The molecule has 1 aromatic heterocycles. The molecule has 4 rings (SSSR count). The number of carbonyl (C=O) groups excluding carboxylic acids is 1. The molecule has 2 heterocycles. The van der Waals surface area contributed by atoms with Crippen LogP contribution in [0.2, 0.25) is 5.02 Å². The van der Waals surface area contributed by atoms with E-state index in [4.69, 9.17) is 26.1 Å². The lowest BCUT2D eigenvalue weighted by Gasteiger charge is -2.34. The van der Waals surface area contributed by atoms with Gasteiger partial charge in [0.15, 0.2) is 5.13 Å². The van der Waals surface area contributed by atoms with E-state index in [1.54, 1.807) is 48.7 Å². The number of ether oxygens (including phenoxy) is 2. The first-order valence-electron chi connectivity index (χ1n) is 9.58. The predicted octanol–water partition coefficient (Wildman–Crippen LogP) is 4.63. The van der Waals surface area contributed by atoms with Crippen LogP contribution in [0.1, 0.15) is 5.56 Å². The van der Waals surface area contributed by atoms with Gasteiger partial charge in [-0.25, -0.2) is 9.78 Å². The van der Waals surface area contributed by atoms with Crippen LogP contribution in [-0.4, -0.2) is 56.3 Å². The van der Waals surface area contributed by atoms with E-state index in [0.717, 1.165) is 39.0 Å². The second-order valence-corrected chi connectivity index (χ2v) is 8.44. The molecule has 7 nitrogen and oxygen atoms in total. The summed E-state index contributed by atoms with van der Waals surface area (Å²) in [6.07, 6.45) is 0. The molecule has 0 bridgehead atoms. The quantitative estimate of drug-likeness (QED) is 0.632. The lowest BCUT2D eigenvalue weighted by molar-refractivity contribution is 0.208. The van der Waals surface area contributed by atoms with E-state index in [0.29, 0.717) is 30.3 Å². The number of nitrogens with zero attached hydrogens (tertiary/aromatic N) is 3. The number of rotatable bonds is 4. The Morgan fingerprint density at radius 3 is 2.40 bits per heavy atom. The van der Waals surface area contributed by atoms with Crippen LogP contribution in [-0.2, 0) is 0 Å². The Bertz CT molecular complexity index is 1060. The molecule has 3 aromatic rings. The van der Waals surface area contributed by atoms with Crippen LogP contribution in [0.15, 0.2) is 30.3 Å². The average molecular weight is 447 g/mol. The van der Waals surface area contributed by atoms with E-state index >= 15 is 0 Å². The van der Waals surface area contributed by atoms with Crippen LogP contribution in [0.5, 0.6) is 11.5 Å². The van der Waals surface area contributed by atoms with Crippen molar-refractivity contribution in [3.63, 3.8) is 0 Å². The maximum Gasteiger partial charge on any atom is 0.321 e. The monoisotopic (exact) mass is 446 g/mol. The van der Waals surface area contributed by atoms with E-state index in [-0.39, 0.29) is 6.03 Å². The number of amides is 2. The molecule has 0 saturated carbocycles. The second kappa shape index (κ2) is 8.57. The van der Waals surface area contributed by atoms with Crippen molar-refractivity contribution in [1.82, 2.24) is 9.88 Å². The number of nitrogens with one attached hydrogen (secondary N) is 1. The molecule has 0 aliphatic carbocycles. The van der Waals surface area contributed by atoms with Crippen molar-refractivity contribution in [2.24, 2.45) is 0 Å². The third kappa shape index (κ3) is 4.11. The summed E-state index contributed by atoms with van der Waals surface area (Å²) in [6, 6.07) is 9.09. The van der Waals surface area contributed by atoms with E-state index in [1.165, 1.54) is 0 Å². The van der Waals surface area contributed by atoms with Gasteiger partial charge < -0.3 is 24.6 Å². The largest absolute Gasteiger partial charge is 0.497 e. The SMILES string of the molecule is COc1cc(NC(=O)N2CCN(c3nc4c(C)c(Cl)ccc4s3)CC2)cc(OC)c1. The summed E-state index contributed by atoms with van der Waals surface area (Å²) in [5.74, 6) is 1.25. The van der Waals surface area contributed by atoms with Gasteiger partial charge in [0, 0.05) is 55.1 Å². The molecule has 1 saturated heterocycles. The Morgan fingerprint density at radius 2 is 1.77 bits per heavy atom. The first-order valence-corrected chi connectivity index (χ1v) is 10.8. The maximum absolute atomic E-state index is 12.7. The highest BCUT2D eigenvalue weighted by molar-refractivity contribution is 7.22. The molecule has 1 N–H and O–H groups in total. The minimum atomic E-state index is -0.142. The molecule has 1 aliphatic heterocycles. The first kappa shape index (κ1) is 20.6. The van der Waals surface area contributed by atoms with Crippen molar-refractivity contribution in [1.29, 1.82) is 0 Å². The number of methoxy groups -OCH3 is 2. The molecular formula is C21H23ClN4O3S. The third-order valence-electron chi connectivity index (χ3n) is 5.18. The predicted molar refractivity (Wildman–Crippen MR) is 122 cm³/mol. The number of carbonyl (C=O) groups is 1. The maximum atomic E-state index is 12.7. The number of thiazole rings is 1. The topological polar surface area (TPSA) is 66.9 Å². The number of benzene rings is 2. The Hall–Kier alpha value is -2.71. The molecule has 30 heavy (non-hydrogen) atoms. The highest BCUT2D eigenvalue weighted by Gasteiger charge is 2.24. The van der Waals surface area contributed by atoms with Gasteiger partial charge in [0.2, 0.25) is 0 Å². The molecule has 1 aliphatic rings. The van der Waals surface area contributed by atoms with Crippen molar-refractivity contribution in [3.05, 3.63) is 40.9 Å². The van der Waals surface area contributed by atoms with Crippen molar-refractivity contribution in [2.45, 2.75) is 6.92 Å². The third-order valence-corrected chi connectivity index (χ3v) is 6.67. The van der Waals surface area contributed by atoms with Gasteiger partial charge in [0.25, 0.3) is 0 Å². The van der Waals surface area contributed by atoms with Gasteiger partial charge in [-0.1, -0.05) is 22.9 Å². The van der Waals surface area contributed by atoms with Crippen LogP contribution in [0, 0.1) is 6.92 Å². The first-order chi connectivity index (χ1) is 14.5. The summed E-state index contributed by atoms with van der Waals surface area (Å²) in [5.41, 5.74) is 2.59. The number of aryl methyl sites for hydroxylation is 1. The van der Waals surface area contributed by atoms with Crippen LogP contribution < -0.4 is 19.7 Å². The van der Waals surface area contributed by atoms with E-state index in [2.05, 4.69) is 10.2 Å². The lowest BCUT2D eigenvalue weighted by Crippen LogP contribution is -2.50. The number of fused-ring (bicyclic) bond motifs is 1. The molecule has 9 heteroatoms. The number of aromatic nitrogens is 1. The number of hydrogen-bond acceptors (Lipinski definition) is 6. The highest BCUT2D eigenvalue weighted by Crippen LogP contribution is 2.34. The number of anilines is 2. The van der Waals surface area contributed by atoms with Crippen molar-refractivity contribution in [2.75, 3.05) is 50.6 Å². The molecule has 2 amide bonds. The van der Waals surface area contributed by atoms with Crippen molar-refractivity contribution < 1.29 is 14.3 Å². The van der Waals surface area contributed by atoms with Crippen LogP contribution in [0.25, 0.3) is 10.2 Å². The van der Waals surface area contributed by atoms with Gasteiger partial charge in [0.1, 0.15) is 11.5 Å². The number of halogens is 1. The summed E-state index contributed by atoms with van der Waals surface area (Å²) in [4.78, 5) is 21.5. The molecule has 2 aromatic carbocycles. The van der Waals surface area contributed by atoms with Crippen LogP contribution >= 0.6 is 22.9 Å². The number of hydrogen-bond donors (Lipinski definition) is 1. The molecule has 0 spiro atoms. The van der Waals surface area contributed by atoms with Gasteiger partial charge in [-0.3, -0.25) is 0 Å². The minimum Gasteiger partial charge on any atom is -0.497 e. The van der Waals surface area contributed by atoms with E-state index in [9.17, 15) is 4.79 Å². The van der Waals surface area contributed by atoms with Gasteiger partial charge in [-0.15, -0.1) is 0 Å². The van der Waals surface area contributed by atoms with E-state index < -0.39 is 0 Å². The zero-order chi connectivity index (χ0) is 21.3. The van der Waals surface area contributed by atoms with Crippen molar-refractivity contribution in [3.8, 4) is 11.5 Å². The van der Waals surface area contributed by atoms with Gasteiger partial charge >= 0.3 is 6.03 Å². The zero-order valence-corrected chi connectivity index (χ0v) is 18.6. The summed E-state index contributed by atoms with van der Waals surface area (Å²) in [7, 11) is 3.16. The summed E-state index contributed by atoms with van der Waals surface area (Å²) in [6.45, 7) is 4.66. The summed E-state index contributed by atoms with van der Waals surface area (Å²) >= 11 is 7.88.